The van der Waals surface area contributed by atoms with Crippen molar-refractivity contribution in [2.24, 2.45) is 0 Å². The number of carbonyl (C=O) groups excluding carboxylic acids is 1. The quantitative estimate of drug-likeness (QED) is 0.722. The molecule has 1 amide bonds. The molecule has 2 rings (SSSR count). The summed E-state index contributed by atoms with van der Waals surface area (Å²) in [5.74, 6) is 0.248. The van der Waals surface area contributed by atoms with Crippen LogP contribution in [-0.2, 0) is 9.53 Å². The second-order valence-corrected chi connectivity index (χ2v) is 6.33. The van der Waals surface area contributed by atoms with E-state index in [1.807, 2.05) is 11.0 Å². The van der Waals surface area contributed by atoms with Crippen molar-refractivity contribution in [3.05, 3.63) is 12.7 Å². The molecule has 18 heavy (non-hydrogen) atoms. The summed E-state index contributed by atoms with van der Waals surface area (Å²) in [6.45, 7) is 9.37. The molecule has 0 aromatic carbocycles. The lowest BCUT2D eigenvalue weighted by Gasteiger charge is -2.48. The molecule has 0 bridgehead atoms. The summed E-state index contributed by atoms with van der Waals surface area (Å²) in [5.41, 5.74) is -0.280. The van der Waals surface area contributed by atoms with Crippen LogP contribution in [0.4, 0.5) is 0 Å². The van der Waals surface area contributed by atoms with E-state index in [0.29, 0.717) is 13.0 Å². The van der Waals surface area contributed by atoms with Crippen molar-refractivity contribution in [1.82, 2.24) is 4.90 Å². The van der Waals surface area contributed by atoms with Crippen LogP contribution in [0.1, 0.15) is 52.4 Å². The second-order valence-electron chi connectivity index (χ2n) is 6.33. The minimum atomic E-state index is -0.216. The van der Waals surface area contributed by atoms with Gasteiger partial charge in [0.2, 0.25) is 5.91 Å². The summed E-state index contributed by atoms with van der Waals surface area (Å²) in [6.07, 6.45) is 7.81. The van der Waals surface area contributed by atoms with Gasteiger partial charge < -0.3 is 9.64 Å². The molecule has 1 saturated heterocycles. The van der Waals surface area contributed by atoms with Gasteiger partial charge >= 0.3 is 0 Å². The van der Waals surface area contributed by atoms with E-state index in [9.17, 15) is 4.79 Å². The van der Waals surface area contributed by atoms with Crippen LogP contribution in [0, 0.1) is 0 Å². The third kappa shape index (κ3) is 2.94. The zero-order valence-electron chi connectivity index (χ0n) is 11.7. The molecule has 0 N–H and O–H groups in total. The van der Waals surface area contributed by atoms with Gasteiger partial charge in [-0.2, -0.15) is 0 Å². The monoisotopic (exact) mass is 251 g/mol. The Hall–Kier alpha value is -0.830. The maximum absolute atomic E-state index is 12.2. The van der Waals surface area contributed by atoms with E-state index >= 15 is 0 Å². The molecular weight excluding hydrogens is 226 g/mol. The summed E-state index contributed by atoms with van der Waals surface area (Å²) >= 11 is 0. The van der Waals surface area contributed by atoms with E-state index in [1.54, 1.807) is 0 Å². The van der Waals surface area contributed by atoms with E-state index < -0.39 is 0 Å². The summed E-state index contributed by atoms with van der Waals surface area (Å²) in [6, 6.07) is 0. The molecule has 1 spiro atoms. The highest BCUT2D eigenvalue weighted by Gasteiger charge is 2.46. The molecule has 1 saturated carbocycles. The van der Waals surface area contributed by atoms with Gasteiger partial charge in [-0.25, -0.2) is 0 Å². The molecule has 0 radical (unpaired) electrons. The van der Waals surface area contributed by atoms with Crippen LogP contribution in [0.2, 0.25) is 0 Å². The fourth-order valence-electron chi connectivity index (χ4n) is 3.35. The molecule has 0 unspecified atom stereocenters. The first-order chi connectivity index (χ1) is 8.46. The maximum atomic E-state index is 12.2. The van der Waals surface area contributed by atoms with E-state index in [1.165, 1.54) is 12.8 Å². The van der Waals surface area contributed by atoms with Crippen LogP contribution in [-0.4, -0.2) is 35.1 Å². The number of morpholine rings is 1. The lowest BCUT2D eigenvalue weighted by atomic mass is 9.94. The largest absolute Gasteiger partial charge is 0.365 e. The third-order valence-electron chi connectivity index (χ3n) is 3.97. The fourth-order valence-corrected chi connectivity index (χ4v) is 3.35. The maximum Gasteiger partial charge on any atom is 0.223 e. The summed E-state index contributed by atoms with van der Waals surface area (Å²) in [7, 11) is 0. The number of hydrogen-bond donors (Lipinski definition) is 0. The number of amides is 1. The van der Waals surface area contributed by atoms with Gasteiger partial charge in [-0.05, 0) is 33.1 Å². The van der Waals surface area contributed by atoms with Gasteiger partial charge in [-0.1, -0.05) is 18.9 Å². The van der Waals surface area contributed by atoms with Crippen molar-refractivity contribution in [2.45, 2.75) is 63.6 Å². The Morgan fingerprint density at radius 1 is 1.33 bits per heavy atom. The predicted molar refractivity (Wildman–Crippen MR) is 72.4 cm³/mol. The molecule has 0 aromatic heterocycles. The van der Waals surface area contributed by atoms with Crippen LogP contribution >= 0.6 is 0 Å². The Labute approximate surface area is 110 Å². The molecule has 102 valence electrons. The van der Waals surface area contributed by atoms with Crippen LogP contribution in [0.25, 0.3) is 0 Å². The first-order valence-electron chi connectivity index (χ1n) is 7.05. The number of nitrogens with zero attached hydrogens (tertiary/aromatic N) is 1. The average Bonchev–Trinajstić information content (AvgIpc) is 2.71. The Bertz CT molecular complexity index is 329. The highest BCUT2D eigenvalue weighted by atomic mass is 16.5. The Morgan fingerprint density at radius 3 is 2.61 bits per heavy atom. The standard InChI is InChI=1S/C15H25NO2/c1-4-5-8-13(17)16-11-14(2,3)18-15(12-16)9-6-7-10-15/h4H,1,5-12H2,2-3H3. The van der Waals surface area contributed by atoms with Crippen molar-refractivity contribution in [1.29, 1.82) is 0 Å². The Kier molecular flexibility index (Phi) is 3.81. The van der Waals surface area contributed by atoms with Crippen molar-refractivity contribution >= 4 is 5.91 Å². The zero-order chi connectivity index (χ0) is 13.2. The lowest BCUT2D eigenvalue weighted by molar-refractivity contribution is -0.198. The summed E-state index contributed by atoms with van der Waals surface area (Å²) in [5, 5.41) is 0. The molecule has 0 aromatic rings. The van der Waals surface area contributed by atoms with E-state index in [4.69, 9.17) is 4.74 Å². The molecule has 3 heteroatoms. The second kappa shape index (κ2) is 5.04. The van der Waals surface area contributed by atoms with Crippen molar-refractivity contribution in [3.63, 3.8) is 0 Å². The zero-order valence-corrected chi connectivity index (χ0v) is 11.7. The lowest BCUT2D eigenvalue weighted by Crippen LogP contribution is -2.59. The molecule has 1 aliphatic carbocycles. The molecule has 2 fully saturated rings. The van der Waals surface area contributed by atoms with E-state index in [2.05, 4.69) is 20.4 Å². The molecule has 3 nitrogen and oxygen atoms in total. The predicted octanol–water partition coefficient (Wildman–Crippen LogP) is 2.90. The SMILES string of the molecule is C=CCCC(=O)N1CC(C)(C)OC2(CCCC2)C1. The third-order valence-corrected chi connectivity index (χ3v) is 3.97. The average molecular weight is 251 g/mol. The van der Waals surface area contributed by atoms with Gasteiger partial charge in [0.15, 0.2) is 0 Å². The number of rotatable bonds is 3. The smallest absolute Gasteiger partial charge is 0.223 e. The minimum absolute atomic E-state index is 0.0639. The Morgan fingerprint density at radius 2 is 2.00 bits per heavy atom. The molecule has 1 aliphatic heterocycles. The van der Waals surface area contributed by atoms with Gasteiger partial charge in [-0.3, -0.25) is 4.79 Å². The first-order valence-corrected chi connectivity index (χ1v) is 7.05. The van der Waals surface area contributed by atoms with Gasteiger partial charge in [0.1, 0.15) is 0 Å². The number of allylic oxidation sites excluding steroid dienone is 1. The van der Waals surface area contributed by atoms with Gasteiger partial charge in [-0.15, -0.1) is 6.58 Å². The number of carbonyl (C=O) groups is 1. The summed E-state index contributed by atoms with van der Waals surface area (Å²) in [4.78, 5) is 14.2. The van der Waals surface area contributed by atoms with Crippen molar-refractivity contribution < 1.29 is 9.53 Å². The van der Waals surface area contributed by atoms with Crippen LogP contribution in [0.15, 0.2) is 12.7 Å². The first kappa shape index (κ1) is 13.6. The molecule has 0 atom stereocenters. The van der Waals surface area contributed by atoms with E-state index in [-0.39, 0.29) is 17.1 Å². The highest BCUT2D eigenvalue weighted by Crippen LogP contribution is 2.40. The highest BCUT2D eigenvalue weighted by molar-refractivity contribution is 5.76. The minimum Gasteiger partial charge on any atom is -0.365 e. The number of hydrogen-bond acceptors (Lipinski definition) is 2. The Balaban J connectivity index is 2.06. The van der Waals surface area contributed by atoms with Crippen LogP contribution < -0.4 is 0 Å². The molecule has 1 heterocycles. The van der Waals surface area contributed by atoms with Gasteiger partial charge in [0.05, 0.1) is 11.2 Å². The fraction of sp³-hybridized carbons (Fsp3) is 0.800. The summed E-state index contributed by atoms with van der Waals surface area (Å²) < 4.78 is 6.29. The van der Waals surface area contributed by atoms with E-state index in [0.717, 1.165) is 25.8 Å². The molecular formula is C15H25NO2. The molecule has 2 aliphatic rings. The topological polar surface area (TPSA) is 29.5 Å². The van der Waals surface area contributed by atoms with Gasteiger partial charge in [0.25, 0.3) is 0 Å². The van der Waals surface area contributed by atoms with Crippen LogP contribution in [0.3, 0.4) is 0 Å². The van der Waals surface area contributed by atoms with Crippen molar-refractivity contribution in [2.75, 3.05) is 13.1 Å². The van der Waals surface area contributed by atoms with Crippen molar-refractivity contribution in [3.8, 4) is 0 Å². The van der Waals surface area contributed by atoms with Gasteiger partial charge in [0, 0.05) is 19.5 Å². The van der Waals surface area contributed by atoms with Crippen LogP contribution in [0.5, 0.6) is 0 Å². The normalized spacial score (nSPS) is 25.3. The number of ether oxygens (including phenoxy) is 1.